The number of ether oxygens (including phenoxy) is 2. The highest BCUT2D eigenvalue weighted by Gasteiger charge is 2.10. The van der Waals surface area contributed by atoms with Crippen LogP contribution in [-0.4, -0.2) is 50.3 Å². The van der Waals surface area contributed by atoms with Crippen LogP contribution in [0.2, 0.25) is 0 Å². The summed E-state index contributed by atoms with van der Waals surface area (Å²) in [5, 5.41) is 17.8. The first kappa shape index (κ1) is 17.5. The molecule has 0 atom stereocenters. The van der Waals surface area contributed by atoms with E-state index in [1.54, 1.807) is 31.4 Å². The van der Waals surface area contributed by atoms with Crippen molar-refractivity contribution >= 4 is 12.0 Å². The molecule has 1 rings (SSSR count). The monoisotopic (exact) mass is 304 g/mol. The summed E-state index contributed by atoms with van der Waals surface area (Å²) in [5.74, 6) is -0.169. The summed E-state index contributed by atoms with van der Waals surface area (Å²) in [6, 6.07) is 6.69. The van der Waals surface area contributed by atoms with Crippen molar-refractivity contribution < 1.29 is 19.4 Å². The van der Waals surface area contributed by atoms with Crippen LogP contribution in [0.25, 0.3) is 6.08 Å². The molecule has 0 aromatic heterocycles. The van der Waals surface area contributed by atoms with E-state index in [9.17, 15) is 4.79 Å². The fourth-order valence-corrected chi connectivity index (χ4v) is 1.75. The Bertz CT molecular complexity index is 588. The SMILES string of the molecule is COc1ccc(C=C(C#N)C(=O)O)c(OCCCN(C)C)c1. The lowest BCUT2D eigenvalue weighted by atomic mass is 10.1. The Morgan fingerprint density at radius 1 is 1.45 bits per heavy atom. The zero-order chi connectivity index (χ0) is 16.5. The van der Waals surface area contributed by atoms with E-state index in [1.807, 2.05) is 19.0 Å². The standard InChI is InChI=1S/C16H20N2O4/c1-18(2)7-4-8-22-15-10-14(21-3)6-5-12(15)9-13(11-17)16(19)20/h5-6,9-10H,4,7-8H2,1-3H3,(H,19,20). The van der Waals surface area contributed by atoms with E-state index >= 15 is 0 Å². The number of methoxy groups -OCH3 is 1. The van der Waals surface area contributed by atoms with Gasteiger partial charge in [-0.25, -0.2) is 4.79 Å². The van der Waals surface area contributed by atoms with Gasteiger partial charge < -0.3 is 19.5 Å². The van der Waals surface area contributed by atoms with Crippen molar-refractivity contribution in [1.82, 2.24) is 4.90 Å². The molecule has 0 fully saturated rings. The minimum Gasteiger partial charge on any atom is -0.497 e. The third-order valence-corrected chi connectivity index (χ3v) is 2.88. The molecule has 1 N–H and O–H groups in total. The number of carbonyl (C=O) groups is 1. The highest BCUT2D eigenvalue weighted by atomic mass is 16.5. The normalized spacial score (nSPS) is 11.1. The molecular formula is C16H20N2O4. The average molecular weight is 304 g/mol. The van der Waals surface area contributed by atoms with E-state index < -0.39 is 5.97 Å². The number of rotatable bonds is 8. The Balaban J connectivity index is 2.97. The zero-order valence-corrected chi connectivity index (χ0v) is 13.0. The lowest BCUT2D eigenvalue weighted by Gasteiger charge is -2.13. The van der Waals surface area contributed by atoms with Crippen molar-refractivity contribution in [3.05, 3.63) is 29.3 Å². The molecule has 0 aliphatic rings. The number of nitriles is 1. The molecule has 0 heterocycles. The van der Waals surface area contributed by atoms with Gasteiger partial charge in [-0.05, 0) is 38.7 Å². The molecule has 6 nitrogen and oxygen atoms in total. The van der Waals surface area contributed by atoms with Crippen molar-refractivity contribution in [2.75, 3.05) is 34.4 Å². The predicted molar refractivity (Wildman–Crippen MR) is 82.9 cm³/mol. The maximum Gasteiger partial charge on any atom is 0.346 e. The molecule has 0 aliphatic carbocycles. The van der Waals surface area contributed by atoms with E-state index in [1.165, 1.54) is 6.08 Å². The van der Waals surface area contributed by atoms with E-state index in [0.717, 1.165) is 13.0 Å². The maximum atomic E-state index is 10.9. The molecule has 0 bridgehead atoms. The Labute approximate surface area is 130 Å². The molecule has 1 aromatic carbocycles. The van der Waals surface area contributed by atoms with Gasteiger partial charge in [-0.2, -0.15) is 5.26 Å². The van der Waals surface area contributed by atoms with Crippen LogP contribution in [0.3, 0.4) is 0 Å². The Morgan fingerprint density at radius 2 is 2.18 bits per heavy atom. The van der Waals surface area contributed by atoms with Gasteiger partial charge in [0.05, 0.1) is 13.7 Å². The summed E-state index contributed by atoms with van der Waals surface area (Å²) in [5.41, 5.74) is 0.188. The molecule has 6 heteroatoms. The van der Waals surface area contributed by atoms with Crippen molar-refractivity contribution in [3.8, 4) is 17.6 Å². The van der Waals surface area contributed by atoms with Crippen molar-refractivity contribution in [1.29, 1.82) is 5.26 Å². The summed E-state index contributed by atoms with van der Waals surface area (Å²) in [6.07, 6.45) is 2.13. The molecule has 22 heavy (non-hydrogen) atoms. The van der Waals surface area contributed by atoms with Gasteiger partial charge in [0.1, 0.15) is 23.1 Å². The molecule has 0 spiro atoms. The third-order valence-electron chi connectivity index (χ3n) is 2.88. The molecule has 0 unspecified atom stereocenters. The molecule has 0 saturated heterocycles. The first-order chi connectivity index (χ1) is 10.5. The van der Waals surface area contributed by atoms with Gasteiger partial charge in [-0.1, -0.05) is 0 Å². The highest BCUT2D eigenvalue weighted by Crippen LogP contribution is 2.27. The minimum atomic E-state index is -1.27. The van der Waals surface area contributed by atoms with Crippen molar-refractivity contribution in [2.45, 2.75) is 6.42 Å². The number of nitrogens with zero attached hydrogens (tertiary/aromatic N) is 2. The molecule has 0 radical (unpaired) electrons. The third kappa shape index (κ3) is 5.46. The predicted octanol–water partition coefficient (Wildman–Crippen LogP) is 2.02. The molecule has 0 saturated carbocycles. The van der Waals surface area contributed by atoms with Gasteiger partial charge >= 0.3 is 5.97 Å². The maximum absolute atomic E-state index is 10.9. The largest absolute Gasteiger partial charge is 0.497 e. The topological polar surface area (TPSA) is 82.8 Å². The number of aliphatic carboxylic acids is 1. The van der Waals surface area contributed by atoms with Crippen LogP contribution in [0.4, 0.5) is 0 Å². The van der Waals surface area contributed by atoms with E-state index in [2.05, 4.69) is 0 Å². The van der Waals surface area contributed by atoms with E-state index in [-0.39, 0.29) is 5.57 Å². The summed E-state index contributed by atoms with van der Waals surface area (Å²) in [6.45, 7) is 1.37. The van der Waals surface area contributed by atoms with Crippen LogP contribution in [0.15, 0.2) is 23.8 Å². The molecule has 0 aliphatic heterocycles. The quantitative estimate of drug-likeness (QED) is 0.449. The van der Waals surface area contributed by atoms with E-state index in [4.69, 9.17) is 19.8 Å². The number of hydrogen-bond donors (Lipinski definition) is 1. The first-order valence-electron chi connectivity index (χ1n) is 6.78. The van der Waals surface area contributed by atoms with Gasteiger partial charge in [-0.3, -0.25) is 0 Å². The second-order valence-electron chi connectivity index (χ2n) is 4.88. The highest BCUT2D eigenvalue weighted by molar-refractivity contribution is 5.96. The summed E-state index contributed by atoms with van der Waals surface area (Å²) >= 11 is 0. The second-order valence-corrected chi connectivity index (χ2v) is 4.88. The van der Waals surface area contributed by atoms with Crippen molar-refractivity contribution in [2.24, 2.45) is 0 Å². The first-order valence-corrected chi connectivity index (χ1v) is 6.78. The fourth-order valence-electron chi connectivity index (χ4n) is 1.75. The molecule has 0 amide bonds. The summed E-state index contributed by atoms with van der Waals surface area (Å²) in [4.78, 5) is 13.0. The number of benzene rings is 1. The Morgan fingerprint density at radius 3 is 2.73 bits per heavy atom. The number of carboxylic acid groups (broad SMARTS) is 1. The lowest BCUT2D eigenvalue weighted by Crippen LogP contribution is -2.15. The van der Waals surface area contributed by atoms with Crippen LogP contribution >= 0.6 is 0 Å². The Kier molecular flexibility index (Phi) is 6.93. The molecule has 118 valence electrons. The van der Waals surface area contributed by atoms with Crippen LogP contribution in [-0.2, 0) is 4.79 Å². The van der Waals surface area contributed by atoms with Gasteiger partial charge in [0.25, 0.3) is 0 Å². The average Bonchev–Trinajstić information content (AvgIpc) is 2.49. The fraction of sp³-hybridized carbons (Fsp3) is 0.375. The van der Waals surface area contributed by atoms with Gasteiger partial charge in [0.2, 0.25) is 0 Å². The molecule has 1 aromatic rings. The van der Waals surface area contributed by atoms with Gasteiger partial charge in [-0.15, -0.1) is 0 Å². The van der Waals surface area contributed by atoms with Crippen LogP contribution in [0, 0.1) is 11.3 Å². The Hall–Kier alpha value is -2.52. The van der Waals surface area contributed by atoms with Crippen LogP contribution < -0.4 is 9.47 Å². The second kappa shape index (κ2) is 8.70. The van der Waals surface area contributed by atoms with Crippen molar-refractivity contribution in [3.63, 3.8) is 0 Å². The minimum absolute atomic E-state index is 0.344. The lowest BCUT2D eigenvalue weighted by molar-refractivity contribution is -0.132. The number of hydrogen-bond acceptors (Lipinski definition) is 5. The summed E-state index contributed by atoms with van der Waals surface area (Å²) < 4.78 is 10.8. The van der Waals surface area contributed by atoms with Gasteiger partial charge in [0, 0.05) is 18.2 Å². The number of carboxylic acids is 1. The zero-order valence-electron chi connectivity index (χ0n) is 13.0. The molecular weight excluding hydrogens is 284 g/mol. The van der Waals surface area contributed by atoms with Gasteiger partial charge in [0.15, 0.2) is 0 Å². The van der Waals surface area contributed by atoms with Crippen LogP contribution in [0.1, 0.15) is 12.0 Å². The summed E-state index contributed by atoms with van der Waals surface area (Å²) in [7, 11) is 5.50. The van der Waals surface area contributed by atoms with Crippen LogP contribution in [0.5, 0.6) is 11.5 Å². The smallest absolute Gasteiger partial charge is 0.346 e. The van der Waals surface area contributed by atoms with E-state index in [0.29, 0.717) is 23.7 Å².